The Balaban J connectivity index is 3.25. The molecule has 2 amide bonds. The van der Waals surface area contributed by atoms with E-state index in [9.17, 15) is 9.59 Å². The van der Waals surface area contributed by atoms with Crippen molar-refractivity contribution in [3.05, 3.63) is 0 Å². The van der Waals surface area contributed by atoms with Crippen molar-refractivity contribution in [2.24, 2.45) is 5.73 Å². The number of thioether (sulfide) groups is 1. The Kier molecular flexibility index (Phi) is 7.42. The normalized spacial score (nSPS) is 9.38. The van der Waals surface area contributed by atoms with Crippen molar-refractivity contribution in [3.8, 4) is 0 Å². The summed E-state index contributed by atoms with van der Waals surface area (Å²) in [6.45, 7) is 1.97. The van der Waals surface area contributed by atoms with Gasteiger partial charge in [0.15, 0.2) is 0 Å². The average Bonchev–Trinajstić information content (AvgIpc) is 2.09. The minimum atomic E-state index is -0.277. The molecule has 4 N–H and O–H groups in total. The van der Waals surface area contributed by atoms with Crippen molar-refractivity contribution < 1.29 is 9.59 Å². The third-order valence-electron chi connectivity index (χ3n) is 1.10. The standard InChI is InChI=1S/C7H15N3O2S/c1-6(11)9-10-7(12)5-13-4-2-3-8/h2-5,8H2,1H3,(H,9,11)(H,10,12). The van der Waals surface area contributed by atoms with Gasteiger partial charge in [0.25, 0.3) is 0 Å². The van der Waals surface area contributed by atoms with Crippen molar-refractivity contribution in [1.82, 2.24) is 10.9 Å². The van der Waals surface area contributed by atoms with Crippen molar-refractivity contribution in [3.63, 3.8) is 0 Å². The lowest BCUT2D eigenvalue weighted by Gasteiger charge is -2.03. The van der Waals surface area contributed by atoms with Crippen LogP contribution in [0.5, 0.6) is 0 Å². The molecule has 0 aliphatic carbocycles. The molecule has 0 rings (SSSR count). The van der Waals surface area contributed by atoms with Gasteiger partial charge in [-0.15, -0.1) is 0 Å². The van der Waals surface area contributed by atoms with Crippen LogP contribution in [-0.2, 0) is 9.59 Å². The summed E-state index contributed by atoms with van der Waals surface area (Å²) in [6, 6.07) is 0. The van der Waals surface area contributed by atoms with E-state index in [0.717, 1.165) is 12.2 Å². The second kappa shape index (κ2) is 7.88. The number of hydrogen-bond acceptors (Lipinski definition) is 4. The van der Waals surface area contributed by atoms with Gasteiger partial charge in [0.2, 0.25) is 11.8 Å². The summed E-state index contributed by atoms with van der Waals surface area (Å²) in [6.07, 6.45) is 0.901. The molecule has 76 valence electrons. The summed E-state index contributed by atoms with van der Waals surface area (Å²) in [5.74, 6) is 0.738. The van der Waals surface area contributed by atoms with Crippen LogP contribution in [0.4, 0.5) is 0 Å². The van der Waals surface area contributed by atoms with Crippen LogP contribution < -0.4 is 16.6 Å². The summed E-state index contributed by atoms with van der Waals surface area (Å²) in [5.41, 5.74) is 9.75. The van der Waals surface area contributed by atoms with Crippen LogP contribution in [0.15, 0.2) is 0 Å². The average molecular weight is 205 g/mol. The van der Waals surface area contributed by atoms with Crippen LogP contribution in [0.3, 0.4) is 0 Å². The molecule has 0 unspecified atom stereocenters. The first-order valence-corrected chi connectivity index (χ1v) is 5.15. The van der Waals surface area contributed by atoms with Crippen LogP contribution in [0.25, 0.3) is 0 Å². The molecule has 0 spiro atoms. The maximum absolute atomic E-state index is 10.9. The molecule has 0 bridgehead atoms. The molecule has 0 saturated heterocycles. The Morgan fingerprint density at radius 2 is 2.08 bits per heavy atom. The highest BCUT2D eigenvalue weighted by molar-refractivity contribution is 7.99. The molecule has 6 heteroatoms. The van der Waals surface area contributed by atoms with Crippen LogP contribution >= 0.6 is 11.8 Å². The van der Waals surface area contributed by atoms with Gasteiger partial charge in [0.1, 0.15) is 0 Å². The van der Waals surface area contributed by atoms with E-state index in [-0.39, 0.29) is 11.8 Å². The number of nitrogens with two attached hydrogens (primary N) is 1. The highest BCUT2D eigenvalue weighted by Gasteiger charge is 2.00. The first-order chi connectivity index (χ1) is 6.16. The molecule has 0 saturated carbocycles. The molecule has 0 heterocycles. The summed E-state index contributed by atoms with van der Waals surface area (Å²) in [7, 11) is 0. The SMILES string of the molecule is CC(=O)NNC(=O)CSCCCN. The highest BCUT2D eigenvalue weighted by atomic mass is 32.2. The molecular weight excluding hydrogens is 190 g/mol. The van der Waals surface area contributed by atoms with Gasteiger partial charge in [-0.1, -0.05) is 0 Å². The maximum atomic E-state index is 10.9. The van der Waals surface area contributed by atoms with E-state index in [2.05, 4.69) is 10.9 Å². The lowest BCUT2D eigenvalue weighted by atomic mass is 10.5. The number of carbonyl (C=O) groups is 2. The summed E-state index contributed by atoms with van der Waals surface area (Å²) in [4.78, 5) is 21.3. The minimum Gasteiger partial charge on any atom is -0.330 e. The predicted octanol–water partition coefficient (Wildman–Crippen LogP) is -0.764. The fourth-order valence-electron chi connectivity index (χ4n) is 0.544. The van der Waals surface area contributed by atoms with E-state index in [4.69, 9.17) is 5.73 Å². The molecular formula is C7H15N3O2S. The number of amides is 2. The van der Waals surface area contributed by atoms with Crippen LogP contribution in [0.1, 0.15) is 13.3 Å². The second-order valence-corrected chi connectivity index (χ2v) is 3.53. The van der Waals surface area contributed by atoms with Crippen LogP contribution in [0.2, 0.25) is 0 Å². The van der Waals surface area contributed by atoms with Crippen molar-refractivity contribution in [1.29, 1.82) is 0 Å². The van der Waals surface area contributed by atoms with E-state index in [1.165, 1.54) is 18.7 Å². The quantitative estimate of drug-likeness (QED) is 0.407. The predicted molar refractivity (Wildman–Crippen MR) is 53.0 cm³/mol. The van der Waals surface area contributed by atoms with Gasteiger partial charge < -0.3 is 5.73 Å². The third kappa shape index (κ3) is 9.16. The summed E-state index contributed by atoms with van der Waals surface area (Å²) >= 11 is 1.49. The first kappa shape index (κ1) is 12.2. The van der Waals surface area contributed by atoms with Gasteiger partial charge in [-0.05, 0) is 18.7 Å². The number of rotatable bonds is 5. The Hall–Kier alpha value is -0.750. The molecule has 0 aliphatic rings. The molecule has 0 aromatic carbocycles. The van der Waals surface area contributed by atoms with Gasteiger partial charge in [0, 0.05) is 6.92 Å². The Morgan fingerprint density at radius 3 is 2.62 bits per heavy atom. The van der Waals surface area contributed by atoms with E-state index < -0.39 is 0 Å². The summed E-state index contributed by atoms with van der Waals surface area (Å²) < 4.78 is 0. The van der Waals surface area contributed by atoms with E-state index >= 15 is 0 Å². The van der Waals surface area contributed by atoms with Crippen LogP contribution in [-0.4, -0.2) is 29.9 Å². The zero-order valence-electron chi connectivity index (χ0n) is 7.63. The lowest BCUT2D eigenvalue weighted by Crippen LogP contribution is -2.41. The Morgan fingerprint density at radius 1 is 1.38 bits per heavy atom. The molecule has 0 radical (unpaired) electrons. The summed E-state index contributed by atoms with van der Waals surface area (Å²) in [5, 5.41) is 0. The second-order valence-electron chi connectivity index (χ2n) is 2.42. The molecule has 0 atom stereocenters. The highest BCUT2D eigenvalue weighted by Crippen LogP contribution is 1.99. The smallest absolute Gasteiger partial charge is 0.248 e. The fourth-order valence-corrected chi connectivity index (χ4v) is 1.32. The third-order valence-corrected chi connectivity index (χ3v) is 2.15. The maximum Gasteiger partial charge on any atom is 0.248 e. The van der Waals surface area contributed by atoms with Crippen LogP contribution in [0, 0.1) is 0 Å². The monoisotopic (exact) mass is 205 g/mol. The van der Waals surface area contributed by atoms with Crippen molar-refractivity contribution in [2.75, 3.05) is 18.1 Å². The lowest BCUT2D eigenvalue weighted by molar-refractivity contribution is -0.126. The number of hydrogen-bond donors (Lipinski definition) is 3. The largest absolute Gasteiger partial charge is 0.330 e. The molecule has 13 heavy (non-hydrogen) atoms. The van der Waals surface area contributed by atoms with Gasteiger partial charge in [0.05, 0.1) is 5.75 Å². The van der Waals surface area contributed by atoms with Gasteiger partial charge in [-0.25, -0.2) is 0 Å². The molecule has 0 fully saturated rings. The number of carbonyl (C=O) groups excluding carboxylic acids is 2. The van der Waals surface area contributed by atoms with Crippen molar-refractivity contribution in [2.45, 2.75) is 13.3 Å². The Bertz CT molecular complexity index is 175. The van der Waals surface area contributed by atoms with E-state index in [0.29, 0.717) is 12.3 Å². The van der Waals surface area contributed by atoms with E-state index in [1.807, 2.05) is 0 Å². The number of hydrazine groups is 1. The van der Waals surface area contributed by atoms with Gasteiger partial charge >= 0.3 is 0 Å². The molecule has 0 aromatic heterocycles. The van der Waals surface area contributed by atoms with Gasteiger partial charge in [-0.3, -0.25) is 20.4 Å². The topological polar surface area (TPSA) is 84.2 Å². The Labute approximate surface area is 81.8 Å². The zero-order chi connectivity index (χ0) is 10.1. The minimum absolute atomic E-state index is 0.197. The fraction of sp³-hybridized carbons (Fsp3) is 0.714. The first-order valence-electron chi connectivity index (χ1n) is 4.00. The van der Waals surface area contributed by atoms with Crippen molar-refractivity contribution >= 4 is 23.6 Å². The van der Waals surface area contributed by atoms with Gasteiger partial charge in [-0.2, -0.15) is 11.8 Å². The molecule has 5 nitrogen and oxygen atoms in total. The molecule has 0 aromatic rings. The molecule has 0 aliphatic heterocycles. The van der Waals surface area contributed by atoms with E-state index in [1.54, 1.807) is 0 Å². The zero-order valence-corrected chi connectivity index (χ0v) is 8.45. The number of nitrogens with one attached hydrogen (secondary N) is 2.